The zero-order valence-corrected chi connectivity index (χ0v) is 11.6. The molecule has 1 aliphatic rings. The highest BCUT2D eigenvalue weighted by Gasteiger charge is 2.32. The molecule has 1 heterocycles. The Morgan fingerprint density at radius 1 is 1.37 bits per heavy atom. The summed E-state index contributed by atoms with van der Waals surface area (Å²) in [5, 5.41) is 6.07. The summed E-state index contributed by atoms with van der Waals surface area (Å²) in [6.45, 7) is 1.07. The minimum absolute atomic E-state index is 0.00718. The number of benzene rings is 1. The number of nitrogens with one attached hydrogen (secondary N) is 2. The molecule has 1 aromatic carbocycles. The molecule has 104 valence electrons. The van der Waals surface area contributed by atoms with Gasteiger partial charge in [-0.15, -0.1) is 0 Å². The average molecular weight is 263 g/mol. The molecule has 0 spiro atoms. The molecule has 2 rings (SSSR count). The van der Waals surface area contributed by atoms with Crippen molar-refractivity contribution < 1.29 is 9.53 Å². The summed E-state index contributed by atoms with van der Waals surface area (Å²) < 4.78 is 5.35. The van der Waals surface area contributed by atoms with Crippen LogP contribution in [-0.2, 0) is 9.53 Å². The molecule has 0 radical (unpaired) electrons. The van der Waals surface area contributed by atoms with Crippen molar-refractivity contribution in [3.8, 4) is 0 Å². The molecule has 0 aliphatic carbocycles. The van der Waals surface area contributed by atoms with Crippen LogP contribution in [0.1, 0.15) is 0 Å². The van der Waals surface area contributed by atoms with Gasteiger partial charge in [-0.3, -0.25) is 4.79 Å². The number of likely N-dealkylation sites (N-methyl/N-ethyl adjacent to an activating group) is 1. The molecule has 19 heavy (non-hydrogen) atoms. The fourth-order valence-electron chi connectivity index (χ4n) is 2.19. The Hall–Kier alpha value is -1.59. The number of carbonyl (C=O) groups excluding carboxylic acids is 1. The first-order chi connectivity index (χ1) is 9.11. The van der Waals surface area contributed by atoms with Gasteiger partial charge in [-0.05, 0) is 25.2 Å². The van der Waals surface area contributed by atoms with E-state index in [1.165, 1.54) is 0 Å². The van der Waals surface area contributed by atoms with Gasteiger partial charge in [-0.2, -0.15) is 0 Å². The summed E-state index contributed by atoms with van der Waals surface area (Å²) in [7, 11) is 5.80. The Morgan fingerprint density at radius 3 is 2.84 bits per heavy atom. The Labute approximate surface area is 113 Å². The molecule has 1 fully saturated rings. The van der Waals surface area contributed by atoms with Crippen molar-refractivity contribution in [2.75, 3.05) is 44.6 Å². The molecule has 2 atom stereocenters. The lowest BCUT2D eigenvalue weighted by Crippen LogP contribution is -2.39. The van der Waals surface area contributed by atoms with Crippen molar-refractivity contribution in [2.24, 2.45) is 5.92 Å². The Balaban J connectivity index is 2.04. The van der Waals surface area contributed by atoms with Gasteiger partial charge in [-0.25, -0.2) is 0 Å². The Kier molecular flexibility index (Phi) is 4.39. The largest absolute Gasteiger partial charge is 0.379 e. The van der Waals surface area contributed by atoms with Crippen LogP contribution < -0.4 is 15.5 Å². The lowest BCUT2D eigenvalue weighted by molar-refractivity contribution is -0.120. The SMILES string of the molecule is CNC1COCC1C(=O)Nc1cccc(N(C)C)c1. The van der Waals surface area contributed by atoms with Gasteiger partial charge < -0.3 is 20.3 Å². The highest BCUT2D eigenvalue weighted by atomic mass is 16.5. The molecule has 1 amide bonds. The van der Waals surface area contributed by atoms with Gasteiger partial charge in [0.05, 0.1) is 19.1 Å². The molecular weight excluding hydrogens is 242 g/mol. The van der Waals surface area contributed by atoms with E-state index in [0.717, 1.165) is 11.4 Å². The summed E-state index contributed by atoms with van der Waals surface area (Å²) >= 11 is 0. The van der Waals surface area contributed by atoms with Crippen molar-refractivity contribution in [1.29, 1.82) is 0 Å². The molecule has 2 N–H and O–H groups in total. The molecular formula is C14H21N3O2. The minimum atomic E-state index is -0.131. The van der Waals surface area contributed by atoms with E-state index >= 15 is 0 Å². The van der Waals surface area contributed by atoms with Crippen molar-refractivity contribution in [3.05, 3.63) is 24.3 Å². The second-order valence-electron chi connectivity index (χ2n) is 4.97. The standard InChI is InChI=1S/C14H21N3O2/c1-15-13-9-19-8-12(13)14(18)16-10-5-4-6-11(7-10)17(2)3/h4-7,12-13,15H,8-9H2,1-3H3,(H,16,18). The van der Waals surface area contributed by atoms with Crippen LogP contribution in [0.15, 0.2) is 24.3 Å². The molecule has 2 unspecified atom stereocenters. The van der Waals surface area contributed by atoms with Crippen molar-refractivity contribution >= 4 is 17.3 Å². The molecule has 0 bridgehead atoms. The van der Waals surface area contributed by atoms with Crippen molar-refractivity contribution in [2.45, 2.75) is 6.04 Å². The van der Waals surface area contributed by atoms with Crippen LogP contribution in [0.25, 0.3) is 0 Å². The highest BCUT2D eigenvalue weighted by Crippen LogP contribution is 2.20. The number of ether oxygens (including phenoxy) is 1. The normalized spacial score (nSPS) is 22.3. The van der Waals surface area contributed by atoms with Gasteiger partial charge in [-0.1, -0.05) is 6.07 Å². The van der Waals surface area contributed by atoms with Crippen LogP contribution in [-0.4, -0.2) is 46.3 Å². The average Bonchev–Trinajstić information content (AvgIpc) is 2.87. The summed E-state index contributed by atoms with van der Waals surface area (Å²) in [4.78, 5) is 14.2. The molecule has 0 aromatic heterocycles. The van der Waals surface area contributed by atoms with E-state index < -0.39 is 0 Å². The van der Waals surface area contributed by atoms with Crippen LogP contribution >= 0.6 is 0 Å². The predicted molar refractivity (Wildman–Crippen MR) is 76.6 cm³/mol. The smallest absolute Gasteiger partial charge is 0.231 e. The number of carbonyl (C=O) groups is 1. The van der Waals surface area contributed by atoms with E-state index in [0.29, 0.717) is 13.2 Å². The molecule has 5 nitrogen and oxygen atoms in total. The predicted octanol–water partition coefficient (Wildman–Crippen LogP) is 0.925. The number of anilines is 2. The van der Waals surface area contributed by atoms with E-state index in [1.807, 2.05) is 50.3 Å². The molecule has 1 aliphatic heterocycles. The zero-order chi connectivity index (χ0) is 13.8. The third-order valence-electron chi connectivity index (χ3n) is 3.42. The third kappa shape index (κ3) is 3.24. The van der Waals surface area contributed by atoms with Gasteiger partial charge in [0, 0.05) is 31.5 Å². The minimum Gasteiger partial charge on any atom is -0.379 e. The third-order valence-corrected chi connectivity index (χ3v) is 3.42. The first kappa shape index (κ1) is 13.8. The van der Waals surface area contributed by atoms with E-state index in [-0.39, 0.29) is 17.9 Å². The van der Waals surface area contributed by atoms with Crippen LogP contribution in [0.5, 0.6) is 0 Å². The summed E-state index contributed by atoms with van der Waals surface area (Å²) in [5.74, 6) is -0.124. The van der Waals surface area contributed by atoms with Crippen LogP contribution in [0.2, 0.25) is 0 Å². The van der Waals surface area contributed by atoms with Gasteiger partial charge in [0.2, 0.25) is 5.91 Å². The maximum Gasteiger partial charge on any atom is 0.231 e. The summed E-state index contributed by atoms with van der Waals surface area (Å²) in [5.41, 5.74) is 1.88. The second-order valence-corrected chi connectivity index (χ2v) is 4.97. The molecule has 1 aromatic rings. The number of hydrogen-bond donors (Lipinski definition) is 2. The number of amides is 1. The Morgan fingerprint density at radius 2 is 2.16 bits per heavy atom. The quantitative estimate of drug-likeness (QED) is 0.848. The highest BCUT2D eigenvalue weighted by molar-refractivity contribution is 5.93. The van der Waals surface area contributed by atoms with Gasteiger partial charge >= 0.3 is 0 Å². The number of hydrogen-bond acceptors (Lipinski definition) is 4. The van der Waals surface area contributed by atoms with Gasteiger partial charge in [0.15, 0.2) is 0 Å². The lowest BCUT2D eigenvalue weighted by Gasteiger charge is -2.18. The fraction of sp³-hybridized carbons (Fsp3) is 0.500. The van der Waals surface area contributed by atoms with Crippen molar-refractivity contribution in [3.63, 3.8) is 0 Å². The summed E-state index contributed by atoms with van der Waals surface area (Å²) in [6.07, 6.45) is 0. The molecule has 1 saturated heterocycles. The maximum absolute atomic E-state index is 12.2. The van der Waals surface area contributed by atoms with E-state index in [2.05, 4.69) is 10.6 Å². The number of nitrogens with zero attached hydrogens (tertiary/aromatic N) is 1. The maximum atomic E-state index is 12.2. The van der Waals surface area contributed by atoms with E-state index in [1.54, 1.807) is 0 Å². The Bertz CT molecular complexity index is 448. The summed E-state index contributed by atoms with van der Waals surface area (Å²) in [6, 6.07) is 7.89. The topological polar surface area (TPSA) is 53.6 Å². The van der Waals surface area contributed by atoms with Gasteiger partial charge in [0.1, 0.15) is 0 Å². The van der Waals surface area contributed by atoms with Crippen LogP contribution in [0.4, 0.5) is 11.4 Å². The van der Waals surface area contributed by atoms with E-state index in [9.17, 15) is 4.79 Å². The number of rotatable bonds is 4. The zero-order valence-electron chi connectivity index (χ0n) is 11.6. The first-order valence-electron chi connectivity index (χ1n) is 6.45. The first-order valence-corrected chi connectivity index (χ1v) is 6.45. The second kappa shape index (κ2) is 6.04. The van der Waals surface area contributed by atoms with Gasteiger partial charge in [0.25, 0.3) is 0 Å². The molecule has 0 saturated carbocycles. The van der Waals surface area contributed by atoms with E-state index in [4.69, 9.17) is 4.74 Å². The van der Waals surface area contributed by atoms with Crippen LogP contribution in [0.3, 0.4) is 0 Å². The lowest BCUT2D eigenvalue weighted by atomic mass is 10.0. The monoisotopic (exact) mass is 263 g/mol. The van der Waals surface area contributed by atoms with Crippen molar-refractivity contribution in [1.82, 2.24) is 5.32 Å². The molecule has 5 heteroatoms. The van der Waals surface area contributed by atoms with Crippen LogP contribution in [0, 0.1) is 5.92 Å². The fourth-order valence-corrected chi connectivity index (χ4v) is 2.19.